The molecule has 0 amide bonds. The Morgan fingerprint density at radius 1 is 0.314 bits per heavy atom. The summed E-state index contributed by atoms with van der Waals surface area (Å²) in [5.41, 5.74) is 5.92. The van der Waals surface area contributed by atoms with Crippen LogP contribution < -0.4 is 4.90 Å². The third-order valence-electron chi connectivity index (χ3n) is 10.4. The predicted octanol–water partition coefficient (Wildman–Crippen LogP) is 15.0. The fourth-order valence-corrected chi connectivity index (χ4v) is 10.3. The topological polar surface area (TPSA) is 3.24 Å². The normalized spacial score (nSPS) is 11.9. The Kier molecular flexibility index (Phi) is 6.36. The molecule has 0 N–H and O–H groups in total. The molecule has 9 aromatic carbocycles. The molecule has 238 valence electrons. The highest BCUT2D eigenvalue weighted by Crippen LogP contribution is 2.45. The van der Waals surface area contributed by atoms with Gasteiger partial charge in [0.2, 0.25) is 0 Å². The van der Waals surface area contributed by atoms with E-state index in [1.54, 1.807) is 0 Å². The first-order valence-corrected chi connectivity index (χ1v) is 19.0. The van der Waals surface area contributed by atoms with Crippen molar-refractivity contribution in [2.75, 3.05) is 4.90 Å². The second kappa shape index (κ2) is 11.3. The van der Waals surface area contributed by atoms with Crippen LogP contribution in [0.2, 0.25) is 0 Å². The van der Waals surface area contributed by atoms with Gasteiger partial charge in [0.1, 0.15) is 0 Å². The highest BCUT2D eigenvalue weighted by molar-refractivity contribution is 7.26. The number of anilines is 3. The van der Waals surface area contributed by atoms with E-state index in [1.807, 2.05) is 22.7 Å². The van der Waals surface area contributed by atoms with Crippen molar-refractivity contribution in [2.45, 2.75) is 0 Å². The maximum absolute atomic E-state index is 2.42. The zero-order valence-corrected chi connectivity index (χ0v) is 29.1. The minimum Gasteiger partial charge on any atom is -0.310 e. The van der Waals surface area contributed by atoms with Crippen molar-refractivity contribution in [1.82, 2.24) is 0 Å². The van der Waals surface area contributed by atoms with Gasteiger partial charge in [-0.05, 0) is 104 Å². The minimum atomic E-state index is 1.13. The number of fused-ring (bicyclic) bond motifs is 11. The number of benzene rings is 9. The molecule has 0 atom stereocenters. The van der Waals surface area contributed by atoms with E-state index in [-0.39, 0.29) is 0 Å². The summed E-state index contributed by atoms with van der Waals surface area (Å²) in [5, 5.41) is 12.9. The summed E-state index contributed by atoms with van der Waals surface area (Å²) < 4.78 is 5.25. The smallest absolute Gasteiger partial charge is 0.0476 e. The molecule has 0 saturated carbocycles. The van der Waals surface area contributed by atoms with Gasteiger partial charge < -0.3 is 4.90 Å². The lowest BCUT2D eigenvalue weighted by Gasteiger charge is -2.26. The summed E-state index contributed by atoms with van der Waals surface area (Å²) in [6.45, 7) is 0. The van der Waals surface area contributed by atoms with Gasteiger partial charge in [0.25, 0.3) is 0 Å². The van der Waals surface area contributed by atoms with E-state index in [1.165, 1.54) is 83.8 Å². The van der Waals surface area contributed by atoms with Crippen molar-refractivity contribution in [3.8, 4) is 11.1 Å². The number of hydrogen-bond acceptors (Lipinski definition) is 3. The van der Waals surface area contributed by atoms with Crippen molar-refractivity contribution in [3.05, 3.63) is 176 Å². The van der Waals surface area contributed by atoms with Crippen molar-refractivity contribution < 1.29 is 0 Å². The first kappa shape index (κ1) is 28.8. The second-order valence-electron chi connectivity index (χ2n) is 13.3. The molecule has 2 aromatic heterocycles. The van der Waals surface area contributed by atoms with Crippen LogP contribution in [0, 0.1) is 0 Å². The molecule has 11 aromatic rings. The summed E-state index contributed by atoms with van der Waals surface area (Å²) in [4.78, 5) is 2.42. The van der Waals surface area contributed by atoms with Gasteiger partial charge in [0.05, 0.1) is 0 Å². The zero-order valence-electron chi connectivity index (χ0n) is 27.5. The molecule has 0 aliphatic heterocycles. The van der Waals surface area contributed by atoms with Crippen LogP contribution in [0.25, 0.3) is 83.8 Å². The van der Waals surface area contributed by atoms with Crippen molar-refractivity contribution in [2.24, 2.45) is 0 Å². The molecule has 0 spiro atoms. The largest absolute Gasteiger partial charge is 0.310 e. The molecule has 0 aliphatic rings. The molecule has 0 saturated heterocycles. The Balaban J connectivity index is 1.12. The molecule has 0 bridgehead atoms. The van der Waals surface area contributed by atoms with Crippen LogP contribution >= 0.6 is 22.7 Å². The molecule has 2 heterocycles. The molecular formula is C48H29NS2. The van der Waals surface area contributed by atoms with E-state index in [0.29, 0.717) is 0 Å². The van der Waals surface area contributed by atoms with E-state index in [4.69, 9.17) is 0 Å². The van der Waals surface area contributed by atoms with Gasteiger partial charge in [-0.1, -0.05) is 115 Å². The summed E-state index contributed by atoms with van der Waals surface area (Å²) in [6, 6.07) is 65.1. The van der Waals surface area contributed by atoms with Gasteiger partial charge in [-0.3, -0.25) is 0 Å². The van der Waals surface area contributed by atoms with Crippen LogP contribution in [0.4, 0.5) is 17.1 Å². The Morgan fingerprint density at radius 2 is 0.863 bits per heavy atom. The van der Waals surface area contributed by atoms with E-state index < -0.39 is 0 Å². The van der Waals surface area contributed by atoms with E-state index in [9.17, 15) is 0 Å². The molecule has 11 rings (SSSR count). The van der Waals surface area contributed by atoms with E-state index in [0.717, 1.165) is 17.1 Å². The Morgan fingerprint density at radius 3 is 1.67 bits per heavy atom. The van der Waals surface area contributed by atoms with Crippen LogP contribution in [0.15, 0.2) is 176 Å². The number of thiophene rings is 2. The van der Waals surface area contributed by atoms with Gasteiger partial charge in [-0.15, -0.1) is 22.7 Å². The van der Waals surface area contributed by atoms with Crippen LogP contribution in [0.5, 0.6) is 0 Å². The maximum Gasteiger partial charge on any atom is 0.0476 e. The second-order valence-corrected chi connectivity index (χ2v) is 15.5. The lowest BCUT2D eigenvalue weighted by atomic mass is 9.90. The molecule has 51 heavy (non-hydrogen) atoms. The lowest BCUT2D eigenvalue weighted by molar-refractivity contribution is 1.30. The summed E-state index contributed by atoms with van der Waals surface area (Å²) >= 11 is 3.73. The molecule has 3 heteroatoms. The van der Waals surface area contributed by atoms with E-state index in [2.05, 4.69) is 181 Å². The average Bonchev–Trinajstić information content (AvgIpc) is 3.75. The van der Waals surface area contributed by atoms with Crippen molar-refractivity contribution >= 4 is 112 Å². The maximum atomic E-state index is 2.42. The van der Waals surface area contributed by atoms with Crippen LogP contribution in [-0.2, 0) is 0 Å². The number of hydrogen-bond donors (Lipinski definition) is 0. The number of rotatable bonds is 4. The van der Waals surface area contributed by atoms with E-state index >= 15 is 0 Å². The Labute approximate surface area is 302 Å². The predicted molar refractivity (Wildman–Crippen MR) is 225 cm³/mol. The summed E-state index contributed by atoms with van der Waals surface area (Å²) in [6.07, 6.45) is 0. The summed E-state index contributed by atoms with van der Waals surface area (Å²) in [5.74, 6) is 0. The zero-order chi connectivity index (χ0) is 33.5. The molecule has 0 unspecified atom stereocenters. The lowest BCUT2D eigenvalue weighted by Crippen LogP contribution is -2.09. The minimum absolute atomic E-state index is 1.13. The Hall–Kier alpha value is -6.00. The first-order chi connectivity index (χ1) is 25.3. The molecule has 0 fully saturated rings. The van der Waals surface area contributed by atoms with Crippen LogP contribution in [0.3, 0.4) is 0 Å². The molecule has 0 radical (unpaired) electrons. The van der Waals surface area contributed by atoms with Gasteiger partial charge in [-0.2, -0.15) is 0 Å². The SMILES string of the molecule is c1ccc2c(c1)cc(-c1ccc(N(c3ccc4c(c3)sc3ccccc34)c3ccc4sc5ccccc5c4c3)cc1)c1c3ccccc3ccc21. The van der Waals surface area contributed by atoms with Gasteiger partial charge in [0, 0.05) is 57.4 Å². The van der Waals surface area contributed by atoms with Crippen molar-refractivity contribution in [3.63, 3.8) is 0 Å². The molecule has 1 nitrogen and oxygen atoms in total. The fourth-order valence-electron chi connectivity index (χ4n) is 8.05. The standard InChI is InChI=1S/C48H29NS2/c1-4-12-37-30(9-1)19-24-41-36-11-3-2-10-32(36)27-42(48(37)41)31-17-20-33(21-18-31)49(34-23-26-46-43(28-34)39-14-6-8-16-45(39)50-46)35-22-25-40-38-13-5-7-15-44(38)51-47(40)29-35/h1-29H. The van der Waals surface area contributed by atoms with Gasteiger partial charge in [-0.25, -0.2) is 0 Å². The fraction of sp³-hybridized carbons (Fsp3) is 0. The Bertz CT molecular complexity index is 3150. The van der Waals surface area contributed by atoms with Gasteiger partial charge in [0.15, 0.2) is 0 Å². The van der Waals surface area contributed by atoms with Crippen LogP contribution in [0.1, 0.15) is 0 Å². The third kappa shape index (κ3) is 4.52. The highest BCUT2D eigenvalue weighted by Gasteiger charge is 2.18. The van der Waals surface area contributed by atoms with Gasteiger partial charge >= 0.3 is 0 Å². The highest BCUT2D eigenvalue weighted by atomic mass is 32.1. The van der Waals surface area contributed by atoms with Crippen molar-refractivity contribution in [1.29, 1.82) is 0 Å². The third-order valence-corrected chi connectivity index (χ3v) is 12.7. The number of nitrogens with zero attached hydrogens (tertiary/aromatic N) is 1. The van der Waals surface area contributed by atoms with Crippen LogP contribution in [-0.4, -0.2) is 0 Å². The molecular weight excluding hydrogens is 655 g/mol. The first-order valence-electron chi connectivity index (χ1n) is 17.3. The average molecular weight is 684 g/mol. The quantitative estimate of drug-likeness (QED) is 0.167. The monoisotopic (exact) mass is 683 g/mol. The summed E-state index contributed by atoms with van der Waals surface area (Å²) in [7, 11) is 0. The molecule has 0 aliphatic carbocycles.